The van der Waals surface area contributed by atoms with Crippen molar-refractivity contribution in [3.63, 3.8) is 0 Å². The molecule has 0 amide bonds. The number of anilines is 1. The molecule has 0 spiro atoms. The van der Waals surface area contributed by atoms with Crippen LogP contribution in [0.2, 0.25) is 0 Å². The molecule has 7 nitrogen and oxygen atoms in total. The van der Waals surface area contributed by atoms with Gasteiger partial charge in [0.15, 0.2) is 17.4 Å². The number of halogens is 1. The first-order chi connectivity index (χ1) is 10.0. The van der Waals surface area contributed by atoms with Gasteiger partial charge in [0.2, 0.25) is 5.78 Å². The van der Waals surface area contributed by atoms with Crippen molar-refractivity contribution in [3.8, 4) is 0 Å². The second-order valence-corrected chi connectivity index (χ2v) is 4.09. The molecule has 21 heavy (non-hydrogen) atoms. The van der Waals surface area contributed by atoms with E-state index in [0.717, 1.165) is 11.2 Å². The van der Waals surface area contributed by atoms with Gasteiger partial charge >= 0.3 is 0 Å². The Morgan fingerprint density at radius 1 is 1.62 bits per heavy atom. The minimum absolute atomic E-state index is 0.0593. The lowest BCUT2D eigenvalue weighted by atomic mass is 10.1. The van der Waals surface area contributed by atoms with Crippen LogP contribution in [0.25, 0.3) is 10.9 Å². The van der Waals surface area contributed by atoms with E-state index in [1.165, 1.54) is 25.7 Å². The number of methoxy groups -OCH3 is 1. The topological polar surface area (TPSA) is 110 Å². The molecule has 0 bridgehead atoms. The maximum Gasteiger partial charge on any atom is 0.229 e. The maximum atomic E-state index is 14.0. The van der Waals surface area contributed by atoms with Crippen molar-refractivity contribution in [3.05, 3.63) is 48.5 Å². The Morgan fingerprint density at radius 3 is 2.95 bits per heavy atom. The highest BCUT2D eigenvalue weighted by Gasteiger charge is 2.21. The Bertz CT molecular complexity index is 737. The highest BCUT2D eigenvalue weighted by atomic mass is 19.1. The molecule has 2 heterocycles. The van der Waals surface area contributed by atoms with E-state index in [1.54, 1.807) is 0 Å². The molecule has 0 aromatic carbocycles. The first-order valence-corrected chi connectivity index (χ1v) is 5.86. The number of hydrazine groups is 1. The number of ether oxygens (including phenoxy) is 1. The number of aromatic amines is 1. The van der Waals surface area contributed by atoms with Gasteiger partial charge in [-0.15, -0.1) is 0 Å². The van der Waals surface area contributed by atoms with Crippen LogP contribution in [0.15, 0.2) is 37.1 Å². The number of rotatable bonds is 5. The summed E-state index contributed by atoms with van der Waals surface area (Å²) in [5.74, 6) is 4.66. The first kappa shape index (κ1) is 14.5. The van der Waals surface area contributed by atoms with Gasteiger partial charge < -0.3 is 15.5 Å². The van der Waals surface area contributed by atoms with Crippen molar-refractivity contribution >= 4 is 22.5 Å². The molecular weight excluding hydrogens is 277 g/mol. The van der Waals surface area contributed by atoms with Crippen LogP contribution in [0.1, 0.15) is 10.4 Å². The fraction of sp³-hybridized carbons (Fsp3) is 0.0769. The molecule has 0 saturated heterocycles. The summed E-state index contributed by atoms with van der Waals surface area (Å²) in [6, 6.07) is 0. The lowest BCUT2D eigenvalue weighted by molar-refractivity contribution is 0.0956. The number of H-pyrrole nitrogens is 1. The van der Waals surface area contributed by atoms with Crippen LogP contribution in [0.5, 0.6) is 0 Å². The van der Waals surface area contributed by atoms with Gasteiger partial charge in [0.05, 0.1) is 29.8 Å². The summed E-state index contributed by atoms with van der Waals surface area (Å²) in [6.45, 7) is 3.47. The van der Waals surface area contributed by atoms with Gasteiger partial charge in [-0.1, -0.05) is 6.58 Å². The molecule has 2 aromatic rings. The number of carbonyl (C=O) groups is 1. The summed E-state index contributed by atoms with van der Waals surface area (Å²) >= 11 is 0. The standard InChI is InChI=1S/C13H14FN5O2/c1-7(21-2)12(20)8-5-17-11-10(8)9(14)6-18-13(11)19(16)4-3-15/h3-6,17H,1,15-16H2,2H3/b4-3-. The van der Waals surface area contributed by atoms with Crippen molar-refractivity contribution in [2.75, 3.05) is 12.1 Å². The molecule has 0 aliphatic rings. The number of nitrogens with two attached hydrogens (primary N) is 2. The first-order valence-electron chi connectivity index (χ1n) is 5.86. The molecule has 0 unspecified atom stereocenters. The Labute approximate surface area is 119 Å². The van der Waals surface area contributed by atoms with E-state index >= 15 is 0 Å². The lowest BCUT2D eigenvalue weighted by Gasteiger charge is -2.13. The molecule has 0 aliphatic carbocycles. The largest absolute Gasteiger partial charge is 0.493 e. The van der Waals surface area contributed by atoms with Crippen LogP contribution in [-0.2, 0) is 4.74 Å². The number of ketones is 1. The van der Waals surface area contributed by atoms with Crippen molar-refractivity contribution in [2.45, 2.75) is 0 Å². The van der Waals surface area contributed by atoms with Crippen molar-refractivity contribution in [2.24, 2.45) is 11.6 Å². The zero-order valence-electron chi connectivity index (χ0n) is 11.3. The van der Waals surface area contributed by atoms with Crippen LogP contribution in [0, 0.1) is 5.82 Å². The maximum absolute atomic E-state index is 14.0. The van der Waals surface area contributed by atoms with Crippen LogP contribution in [0.4, 0.5) is 10.2 Å². The Morgan fingerprint density at radius 2 is 2.33 bits per heavy atom. The van der Waals surface area contributed by atoms with Crippen molar-refractivity contribution < 1.29 is 13.9 Å². The Hall–Kier alpha value is -2.87. The lowest BCUT2D eigenvalue weighted by Crippen LogP contribution is -2.26. The normalized spacial score (nSPS) is 11.0. The highest BCUT2D eigenvalue weighted by Crippen LogP contribution is 2.29. The van der Waals surface area contributed by atoms with Crippen molar-refractivity contribution in [1.82, 2.24) is 9.97 Å². The van der Waals surface area contributed by atoms with Gasteiger partial charge in [0.25, 0.3) is 0 Å². The number of nitrogens with one attached hydrogen (secondary N) is 1. The van der Waals surface area contributed by atoms with Gasteiger partial charge in [-0.2, -0.15) is 0 Å². The predicted octanol–water partition coefficient (Wildman–Crippen LogP) is 1.15. The molecule has 0 atom stereocenters. The molecule has 0 saturated carbocycles. The average Bonchev–Trinajstić information content (AvgIpc) is 2.91. The van der Waals surface area contributed by atoms with E-state index in [9.17, 15) is 9.18 Å². The predicted molar refractivity (Wildman–Crippen MR) is 76.5 cm³/mol. The molecule has 2 aromatic heterocycles. The third kappa shape index (κ3) is 2.43. The number of Topliss-reactive ketones (excluding diaryl/α,β-unsaturated/α-hetero) is 1. The third-order valence-electron chi connectivity index (χ3n) is 2.88. The summed E-state index contributed by atoms with van der Waals surface area (Å²) in [7, 11) is 1.31. The van der Waals surface area contributed by atoms with E-state index < -0.39 is 11.6 Å². The number of nitrogens with zero attached hydrogens (tertiary/aromatic N) is 2. The molecule has 0 fully saturated rings. The van der Waals surface area contributed by atoms with Crippen LogP contribution in [-0.4, -0.2) is 22.9 Å². The molecule has 8 heteroatoms. The molecule has 0 aliphatic heterocycles. The van der Waals surface area contributed by atoms with E-state index in [0.29, 0.717) is 0 Å². The summed E-state index contributed by atoms with van der Waals surface area (Å²) in [5.41, 5.74) is 5.61. The molecular formula is C13H14FN5O2. The van der Waals surface area contributed by atoms with E-state index in [4.69, 9.17) is 16.3 Å². The molecule has 0 radical (unpaired) electrons. The smallest absolute Gasteiger partial charge is 0.229 e. The van der Waals surface area contributed by atoms with Gasteiger partial charge in [-0.05, 0) is 0 Å². The van der Waals surface area contributed by atoms with Gasteiger partial charge in [-0.25, -0.2) is 15.2 Å². The molecule has 2 rings (SSSR count). The zero-order chi connectivity index (χ0) is 15.6. The second kappa shape index (κ2) is 5.63. The van der Waals surface area contributed by atoms with Crippen LogP contribution >= 0.6 is 0 Å². The van der Waals surface area contributed by atoms with E-state index in [2.05, 4.69) is 16.5 Å². The third-order valence-corrected chi connectivity index (χ3v) is 2.88. The highest BCUT2D eigenvalue weighted by molar-refractivity contribution is 6.16. The number of carbonyl (C=O) groups excluding carboxylic acids is 1. The average molecular weight is 291 g/mol. The fourth-order valence-corrected chi connectivity index (χ4v) is 1.88. The minimum atomic E-state index is -0.660. The van der Waals surface area contributed by atoms with Crippen LogP contribution < -0.4 is 16.6 Å². The Kier molecular flexibility index (Phi) is 3.90. The molecule has 110 valence electrons. The van der Waals surface area contributed by atoms with Gasteiger partial charge in [-0.3, -0.25) is 9.80 Å². The number of hydrogen-bond donors (Lipinski definition) is 3. The second-order valence-electron chi connectivity index (χ2n) is 4.09. The van der Waals surface area contributed by atoms with Gasteiger partial charge in [0, 0.05) is 18.6 Å². The number of fused-ring (bicyclic) bond motifs is 1. The summed E-state index contributed by atoms with van der Waals surface area (Å²) in [5, 5.41) is 1.17. The monoisotopic (exact) mass is 291 g/mol. The number of pyridine rings is 1. The zero-order valence-corrected chi connectivity index (χ0v) is 11.3. The van der Waals surface area contributed by atoms with Gasteiger partial charge in [0.1, 0.15) is 0 Å². The van der Waals surface area contributed by atoms with Crippen molar-refractivity contribution in [1.29, 1.82) is 0 Å². The number of hydrogen-bond acceptors (Lipinski definition) is 6. The number of allylic oxidation sites excluding steroid dienone is 1. The SMILES string of the molecule is C=C(OC)C(=O)c1c[nH]c2c(N(N)/C=C\N)ncc(F)c12. The summed E-state index contributed by atoms with van der Waals surface area (Å²) < 4.78 is 18.8. The molecule has 5 N–H and O–H groups in total. The fourth-order valence-electron chi connectivity index (χ4n) is 1.88. The van der Waals surface area contributed by atoms with E-state index in [-0.39, 0.29) is 28.0 Å². The number of aromatic nitrogens is 2. The quantitative estimate of drug-likeness (QED) is 0.251. The summed E-state index contributed by atoms with van der Waals surface area (Å²) in [6.07, 6.45) is 4.88. The van der Waals surface area contributed by atoms with Crippen LogP contribution in [0.3, 0.4) is 0 Å². The van der Waals surface area contributed by atoms with E-state index in [1.807, 2.05) is 0 Å². The summed E-state index contributed by atoms with van der Waals surface area (Å²) in [4.78, 5) is 18.8. The Balaban J connectivity index is 2.65. The minimum Gasteiger partial charge on any atom is -0.493 e.